The van der Waals surface area contributed by atoms with Crippen molar-refractivity contribution in [2.75, 3.05) is 6.54 Å². The number of aliphatic hydroxyl groups excluding tert-OH is 1. The van der Waals surface area contributed by atoms with Gasteiger partial charge in [-0.05, 0) is 25.1 Å². The molecular weight excluding hydrogens is 299 g/mol. The van der Waals surface area contributed by atoms with Gasteiger partial charge in [-0.3, -0.25) is 4.79 Å². The van der Waals surface area contributed by atoms with Crippen LogP contribution in [0, 0.1) is 0 Å². The fourth-order valence-electron chi connectivity index (χ4n) is 1.25. The number of halogens is 4. The van der Waals surface area contributed by atoms with Gasteiger partial charge in [0.2, 0.25) is 0 Å². The Bertz CT molecular complexity index is 468. The second kappa shape index (κ2) is 6.81. The minimum Gasteiger partial charge on any atom is -0.481 e. The van der Waals surface area contributed by atoms with Gasteiger partial charge >= 0.3 is 6.18 Å². The SMILES string of the molecule is CC(Oc1cccc(Cl)c1)C(=O)NCC(O)C(F)(F)F. The van der Waals surface area contributed by atoms with Crippen LogP contribution in [0.1, 0.15) is 6.92 Å². The summed E-state index contributed by atoms with van der Waals surface area (Å²) in [6, 6.07) is 6.24. The highest BCUT2D eigenvalue weighted by Crippen LogP contribution is 2.20. The number of aliphatic hydroxyl groups is 1. The summed E-state index contributed by atoms with van der Waals surface area (Å²) in [4.78, 5) is 11.5. The lowest BCUT2D eigenvalue weighted by Gasteiger charge is -2.18. The lowest BCUT2D eigenvalue weighted by atomic mass is 10.3. The summed E-state index contributed by atoms with van der Waals surface area (Å²) in [7, 11) is 0. The Hall–Kier alpha value is -1.47. The van der Waals surface area contributed by atoms with Crippen LogP contribution in [-0.2, 0) is 4.79 Å². The van der Waals surface area contributed by atoms with Crippen molar-refractivity contribution in [3.05, 3.63) is 29.3 Å². The maximum atomic E-state index is 12.0. The second-order valence-corrected chi connectivity index (χ2v) is 4.46. The predicted molar refractivity (Wildman–Crippen MR) is 66.6 cm³/mol. The third-order valence-electron chi connectivity index (χ3n) is 2.33. The summed E-state index contributed by atoms with van der Waals surface area (Å²) < 4.78 is 41.3. The van der Waals surface area contributed by atoms with E-state index in [-0.39, 0.29) is 0 Å². The molecular formula is C12H13ClF3NO3. The number of benzene rings is 1. The molecule has 0 aliphatic rings. The van der Waals surface area contributed by atoms with Gasteiger partial charge in [-0.15, -0.1) is 0 Å². The zero-order valence-electron chi connectivity index (χ0n) is 10.4. The van der Waals surface area contributed by atoms with Crippen LogP contribution in [0.3, 0.4) is 0 Å². The molecule has 0 heterocycles. The number of ether oxygens (including phenoxy) is 1. The van der Waals surface area contributed by atoms with E-state index < -0.39 is 30.8 Å². The molecule has 0 radical (unpaired) electrons. The Labute approximate surface area is 118 Å². The Morgan fingerprint density at radius 3 is 2.70 bits per heavy atom. The molecule has 4 nitrogen and oxygen atoms in total. The first kappa shape index (κ1) is 16.6. The fourth-order valence-corrected chi connectivity index (χ4v) is 1.43. The number of amides is 1. The van der Waals surface area contributed by atoms with E-state index in [0.717, 1.165) is 0 Å². The molecule has 20 heavy (non-hydrogen) atoms. The van der Waals surface area contributed by atoms with Crippen LogP contribution in [0.5, 0.6) is 5.75 Å². The third kappa shape index (κ3) is 5.26. The van der Waals surface area contributed by atoms with E-state index in [9.17, 15) is 18.0 Å². The van der Waals surface area contributed by atoms with E-state index in [1.54, 1.807) is 18.2 Å². The van der Waals surface area contributed by atoms with Gasteiger partial charge in [0, 0.05) is 5.02 Å². The Morgan fingerprint density at radius 1 is 1.50 bits per heavy atom. The summed E-state index contributed by atoms with van der Waals surface area (Å²) in [5, 5.41) is 11.1. The van der Waals surface area contributed by atoms with Crippen LogP contribution in [-0.4, -0.2) is 35.9 Å². The standard InChI is InChI=1S/C12H13ClF3NO3/c1-7(20-9-4-2-3-8(13)5-9)11(19)17-6-10(18)12(14,15)16/h2-5,7,10,18H,6H2,1H3,(H,17,19). The fraction of sp³-hybridized carbons (Fsp3) is 0.417. The van der Waals surface area contributed by atoms with Gasteiger partial charge in [0.1, 0.15) is 5.75 Å². The zero-order chi connectivity index (χ0) is 15.3. The van der Waals surface area contributed by atoms with Crippen molar-refractivity contribution in [1.29, 1.82) is 0 Å². The molecule has 0 aliphatic heterocycles. The predicted octanol–water partition coefficient (Wildman–Crippen LogP) is 2.15. The van der Waals surface area contributed by atoms with E-state index in [1.807, 2.05) is 5.32 Å². The molecule has 2 N–H and O–H groups in total. The number of rotatable bonds is 5. The number of hydrogen-bond acceptors (Lipinski definition) is 3. The normalized spacial score (nSPS) is 14.5. The molecule has 112 valence electrons. The molecule has 0 aliphatic carbocycles. The smallest absolute Gasteiger partial charge is 0.416 e. The van der Waals surface area contributed by atoms with Gasteiger partial charge in [0.15, 0.2) is 12.2 Å². The zero-order valence-corrected chi connectivity index (χ0v) is 11.2. The highest BCUT2D eigenvalue weighted by Gasteiger charge is 2.38. The molecule has 2 atom stereocenters. The molecule has 0 spiro atoms. The highest BCUT2D eigenvalue weighted by atomic mass is 35.5. The number of nitrogens with one attached hydrogen (secondary N) is 1. The van der Waals surface area contributed by atoms with Crippen molar-refractivity contribution in [3.63, 3.8) is 0 Å². The number of alkyl halides is 3. The summed E-state index contributed by atoms with van der Waals surface area (Å²) >= 11 is 5.72. The first-order valence-corrected chi connectivity index (χ1v) is 6.02. The minimum absolute atomic E-state index is 0.316. The molecule has 1 rings (SSSR count). The third-order valence-corrected chi connectivity index (χ3v) is 2.56. The van der Waals surface area contributed by atoms with E-state index in [0.29, 0.717) is 10.8 Å². The molecule has 0 fully saturated rings. The highest BCUT2D eigenvalue weighted by molar-refractivity contribution is 6.30. The molecule has 1 aromatic rings. The maximum absolute atomic E-state index is 12.0. The number of carbonyl (C=O) groups excluding carboxylic acids is 1. The average Bonchev–Trinajstić information content (AvgIpc) is 2.34. The van der Waals surface area contributed by atoms with Gasteiger partial charge in [-0.2, -0.15) is 13.2 Å². The van der Waals surface area contributed by atoms with Crippen molar-refractivity contribution in [2.24, 2.45) is 0 Å². The Kier molecular flexibility index (Phi) is 5.64. The van der Waals surface area contributed by atoms with Gasteiger partial charge < -0.3 is 15.2 Å². The molecule has 0 saturated heterocycles. The van der Waals surface area contributed by atoms with Crippen LogP contribution in [0.15, 0.2) is 24.3 Å². The van der Waals surface area contributed by atoms with Crippen molar-refractivity contribution < 1.29 is 27.8 Å². The van der Waals surface area contributed by atoms with Crippen LogP contribution in [0.25, 0.3) is 0 Å². The van der Waals surface area contributed by atoms with Crippen LogP contribution >= 0.6 is 11.6 Å². The van der Waals surface area contributed by atoms with Crippen molar-refractivity contribution in [1.82, 2.24) is 5.32 Å². The van der Waals surface area contributed by atoms with E-state index >= 15 is 0 Å². The quantitative estimate of drug-likeness (QED) is 0.876. The minimum atomic E-state index is -4.77. The molecule has 1 amide bonds. The largest absolute Gasteiger partial charge is 0.481 e. The summed E-state index contributed by atoms with van der Waals surface area (Å²) in [5.74, 6) is -0.454. The maximum Gasteiger partial charge on any atom is 0.416 e. The number of carbonyl (C=O) groups is 1. The summed E-state index contributed by atoms with van der Waals surface area (Å²) in [6.07, 6.45) is -8.40. The molecule has 0 aromatic heterocycles. The number of hydrogen-bond donors (Lipinski definition) is 2. The van der Waals surface area contributed by atoms with Crippen molar-refractivity contribution in [2.45, 2.75) is 25.3 Å². The summed E-state index contributed by atoms with van der Waals surface area (Å²) in [6.45, 7) is 0.446. The van der Waals surface area contributed by atoms with Gasteiger partial charge in [0.25, 0.3) is 5.91 Å². The van der Waals surface area contributed by atoms with Crippen LogP contribution < -0.4 is 10.1 Å². The summed E-state index contributed by atoms with van der Waals surface area (Å²) in [5.41, 5.74) is 0. The van der Waals surface area contributed by atoms with Crippen LogP contribution in [0.2, 0.25) is 5.02 Å². The first-order chi connectivity index (χ1) is 9.20. The molecule has 0 bridgehead atoms. The molecule has 1 aromatic carbocycles. The Balaban J connectivity index is 2.47. The van der Waals surface area contributed by atoms with E-state index in [1.165, 1.54) is 13.0 Å². The van der Waals surface area contributed by atoms with E-state index in [2.05, 4.69) is 0 Å². The van der Waals surface area contributed by atoms with Gasteiger partial charge in [-0.25, -0.2) is 0 Å². The first-order valence-electron chi connectivity index (χ1n) is 5.65. The Morgan fingerprint density at radius 2 is 2.15 bits per heavy atom. The lowest BCUT2D eigenvalue weighted by Crippen LogP contribution is -2.44. The van der Waals surface area contributed by atoms with Crippen molar-refractivity contribution >= 4 is 17.5 Å². The molecule has 2 unspecified atom stereocenters. The molecule has 8 heteroatoms. The van der Waals surface area contributed by atoms with E-state index in [4.69, 9.17) is 21.4 Å². The monoisotopic (exact) mass is 311 g/mol. The topological polar surface area (TPSA) is 58.6 Å². The second-order valence-electron chi connectivity index (χ2n) is 4.02. The van der Waals surface area contributed by atoms with Crippen molar-refractivity contribution in [3.8, 4) is 5.75 Å². The molecule has 0 saturated carbocycles. The van der Waals surface area contributed by atoms with Crippen LogP contribution in [0.4, 0.5) is 13.2 Å². The van der Waals surface area contributed by atoms with Gasteiger partial charge in [0.05, 0.1) is 6.54 Å². The average molecular weight is 312 g/mol. The lowest BCUT2D eigenvalue weighted by molar-refractivity contribution is -0.202. The van der Waals surface area contributed by atoms with Gasteiger partial charge in [-0.1, -0.05) is 17.7 Å².